The summed E-state index contributed by atoms with van der Waals surface area (Å²) in [6.45, 7) is 1.89. The van der Waals surface area contributed by atoms with Crippen LogP contribution in [0.5, 0.6) is 11.7 Å². The van der Waals surface area contributed by atoms with E-state index in [-0.39, 0.29) is 18.3 Å². The van der Waals surface area contributed by atoms with Gasteiger partial charge in [-0.1, -0.05) is 0 Å². The minimum atomic E-state index is -0.837. The minimum Gasteiger partial charge on any atom is -0.506 e. The lowest BCUT2D eigenvalue weighted by atomic mass is 10.2. The summed E-state index contributed by atoms with van der Waals surface area (Å²) in [7, 11) is 0. The van der Waals surface area contributed by atoms with Crippen LogP contribution in [0, 0.1) is 0 Å². The van der Waals surface area contributed by atoms with Crippen molar-refractivity contribution in [3.05, 3.63) is 21.1 Å². The van der Waals surface area contributed by atoms with Crippen molar-refractivity contribution < 1.29 is 23.8 Å². The molecule has 0 saturated heterocycles. The van der Waals surface area contributed by atoms with Gasteiger partial charge in [0.25, 0.3) is 5.95 Å². The summed E-state index contributed by atoms with van der Waals surface area (Å²) in [5.74, 6) is 0.0487. The Labute approximate surface area is 119 Å². The van der Waals surface area contributed by atoms with E-state index >= 15 is 0 Å². The van der Waals surface area contributed by atoms with Gasteiger partial charge in [0.15, 0.2) is 0 Å². The number of fused-ring (bicyclic) bond motifs is 1. The van der Waals surface area contributed by atoms with Crippen molar-refractivity contribution in [2.24, 2.45) is 0 Å². The third-order valence-corrected chi connectivity index (χ3v) is 3.52. The van der Waals surface area contributed by atoms with E-state index in [4.69, 9.17) is 9.15 Å². The highest BCUT2D eigenvalue weighted by Gasteiger charge is 2.16. The van der Waals surface area contributed by atoms with Gasteiger partial charge < -0.3 is 19.0 Å². The molecule has 0 spiro atoms. The molecule has 0 saturated carbocycles. The molecule has 2 rings (SSSR count). The fourth-order valence-electron chi connectivity index (χ4n) is 1.36. The fraction of sp³-hybridized carbons (Fsp3) is 0.182. The van der Waals surface area contributed by atoms with Crippen LogP contribution in [0.1, 0.15) is 6.92 Å². The van der Waals surface area contributed by atoms with E-state index in [0.29, 0.717) is 19.9 Å². The first-order valence-electron chi connectivity index (χ1n) is 4.98. The van der Waals surface area contributed by atoms with Crippen molar-refractivity contribution in [1.29, 1.82) is 0 Å². The smallest absolute Gasteiger partial charge is 0.506 e. The van der Waals surface area contributed by atoms with Crippen LogP contribution < -0.4 is 4.74 Å². The van der Waals surface area contributed by atoms with Crippen LogP contribution in [0.3, 0.4) is 0 Å². The van der Waals surface area contributed by atoms with Crippen LogP contribution in [0.2, 0.25) is 0 Å². The van der Waals surface area contributed by atoms with Crippen LogP contribution in [0.15, 0.2) is 25.5 Å². The Balaban J connectivity index is 2.39. The topological polar surface area (TPSA) is 68.9 Å². The molecule has 0 aliphatic carbocycles. The average Bonchev–Trinajstić information content (AvgIpc) is 2.69. The lowest BCUT2D eigenvalue weighted by molar-refractivity contribution is 0.0957. The summed E-state index contributed by atoms with van der Waals surface area (Å²) in [5, 5.41) is 10.3. The molecule has 5 nitrogen and oxygen atoms in total. The summed E-state index contributed by atoms with van der Waals surface area (Å²) >= 11 is 6.41. The highest BCUT2D eigenvalue weighted by Crippen LogP contribution is 2.41. The largest absolute Gasteiger partial charge is 0.516 e. The molecule has 1 N–H and O–H groups in total. The van der Waals surface area contributed by atoms with E-state index in [9.17, 15) is 9.90 Å². The van der Waals surface area contributed by atoms with Crippen LogP contribution in [-0.4, -0.2) is 17.9 Å². The predicted octanol–water partition coefficient (Wildman–Crippen LogP) is 4.20. The molecule has 1 aromatic heterocycles. The highest BCUT2D eigenvalue weighted by atomic mass is 79.9. The van der Waals surface area contributed by atoms with Crippen molar-refractivity contribution in [2.45, 2.75) is 6.92 Å². The molecular weight excluding hydrogens is 372 g/mol. The molecular formula is C11H8Br2O5. The molecule has 0 radical (unpaired) electrons. The Bertz CT molecular complexity index is 605. The molecule has 0 amide bonds. The van der Waals surface area contributed by atoms with Gasteiger partial charge in [-0.25, -0.2) is 4.79 Å². The zero-order valence-corrected chi connectivity index (χ0v) is 12.4. The minimum absolute atomic E-state index is 0.00153. The number of benzene rings is 1. The Kier molecular flexibility index (Phi) is 3.82. The van der Waals surface area contributed by atoms with E-state index < -0.39 is 6.16 Å². The van der Waals surface area contributed by atoms with Gasteiger partial charge in [-0.3, -0.25) is 0 Å². The normalized spacial score (nSPS) is 10.6. The van der Waals surface area contributed by atoms with E-state index in [1.807, 2.05) is 0 Å². The summed E-state index contributed by atoms with van der Waals surface area (Å²) < 4.78 is 15.7. The number of hydrogen-bond acceptors (Lipinski definition) is 5. The van der Waals surface area contributed by atoms with E-state index in [1.165, 1.54) is 6.07 Å². The summed E-state index contributed by atoms with van der Waals surface area (Å²) in [4.78, 5) is 11.1. The highest BCUT2D eigenvalue weighted by molar-refractivity contribution is 9.11. The quantitative estimate of drug-likeness (QED) is 0.792. The number of furan rings is 1. The molecule has 0 aliphatic rings. The number of carbonyl (C=O) groups is 1. The summed E-state index contributed by atoms with van der Waals surface area (Å²) in [6.07, 6.45) is -0.837. The van der Waals surface area contributed by atoms with Gasteiger partial charge in [-0.05, 0) is 44.8 Å². The van der Waals surface area contributed by atoms with E-state index in [1.54, 1.807) is 13.0 Å². The number of hydrogen-bond donors (Lipinski definition) is 1. The number of phenols is 1. The molecule has 18 heavy (non-hydrogen) atoms. The summed E-state index contributed by atoms with van der Waals surface area (Å²) in [6, 6.07) is 3.07. The molecule has 0 bridgehead atoms. The predicted molar refractivity (Wildman–Crippen MR) is 70.9 cm³/mol. The van der Waals surface area contributed by atoms with Crippen LogP contribution in [0.25, 0.3) is 11.0 Å². The lowest BCUT2D eigenvalue weighted by Gasteiger charge is -1.99. The number of carbonyl (C=O) groups excluding carboxylic acids is 1. The maximum atomic E-state index is 11.1. The Hall–Kier alpha value is -1.21. The second-order valence-corrected chi connectivity index (χ2v) is 4.93. The molecule has 2 aromatic rings. The Morgan fingerprint density at radius 2 is 2.17 bits per heavy atom. The van der Waals surface area contributed by atoms with Crippen molar-refractivity contribution in [3.63, 3.8) is 0 Å². The van der Waals surface area contributed by atoms with Gasteiger partial charge in [0, 0.05) is 11.5 Å². The zero-order valence-electron chi connectivity index (χ0n) is 9.20. The molecule has 1 heterocycles. The van der Waals surface area contributed by atoms with Gasteiger partial charge in [0.2, 0.25) is 0 Å². The van der Waals surface area contributed by atoms with Gasteiger partial charge in [-0.2, -0.15) is 0 Å². The standard InChI is InChI=1S/C11H8Br2O5/c1-2-16-11(15)18-8-3-5-7(17-8)4-6(12)10(14)9(5)13/h3-4,14H,2H2,1H3. The first-order valence-corrected chi connectivity index (χ1v) is 6.56. The van der Waals surface area contributed by atoms with E-state index in [0.717, 1.165) is 0 Å². The summed E-state index contributed by atoms with van der Waals surface area (Å²) in [5.41, 5.74) is 0.464. The van der Waals surface area contributed by atoms with Crippen molar-refractivity contribution in [3.8, 4) is 11.7 Å². The van der Waals surface area contributed by atoms with Gasteiger partial charge in [-0.15, -0.1) is 0 Å². The third-order valence-electron chi connectivity index (χ3n) is 2.11. The zero-order chi connectivity index (χ0) is 13.3. The first-order chi connectivity index (χ1) is 8.52. The maximum absolute atomic E-state index is 11.1. The number of ether oxygens (including phenoxy) is 2. The second kappa shape index (κ2) is 5.19. The monoisotopic (exact) mass is 378 g/mol. The van der Waals surface area contributed by atoms with Crippen LogP contribution in [-0.2, 0) is 4.74 Å². The number of halogens is 2. The van der Waals surface area contributed by atoms with Gasteiger partial charge >= 0.3 is 6.16 Å². The lowest BCUT2D eigenvalue weighted by Crippen LogP contribution is -2.09. The molecule has 0 aliphatic heterocycles. The molecule has 0 unspecified atom stereocenters. The first kappa shape index (κ1) is 13.2. The average molecular weight is 380 g/mol. The SMILES string of the molecule is CCOC(=O)Oc1cc2c(Br)c(O)c(Br)cc2o1. The van der Waals surface area contributed by atoms with Crippen molar-refractivity contribution in [1.82, 2.24) is 0 Å². The Morgan fingerprint density at radius 3 is 2.83 bits per heavy atom. The molecule has 96 valence electrons. The maximum Gasteiger partial charge on any atom is 0.516 e. The van der Waals surface area contributed by atoms with Crippen molar-refractivity contribution in [2.75, 3.05) is 6.61 Å². The van der Waals surface area contributed by atoms with Crippen molar-refractivity contribution >= 4 is 49.0 Å². The van der Waals surface area contributed by atoms with Crippen LogP contribution in [0.4, 0.5) is 4.79 Å². The van der Waals surface area contributed by atoms with Crippen LogP contribution >= 0.6 is 31.9 Å². The molecule has 0 atom stereocenters. The molecule has 1 aromatic carbocycles. The second-order valence-electron chi connectivity index (χ2n) is 3.28. The Morgan fingerprint density at radius 1 is 1.44 bits per heavy atom. The number of rotatable bonds is 2. The number of phenolic OH excluding ortho intramolecular Hbond substituents is 1. The van der Waals surface area contributed by atoms with E-state index in [2.05, 4.69) is 36.6 Å². The molecule has 7 heteroatoms. The van der Waals surface area contributed by atoms with Gasteiger partial charge in [0.1, 0.15) is 11.3 Å². The molecule has 0 fully saturated rings. The number of aromatic hydroxyl groups is 1. The van der Waals surface area contributed by atoms with Gasteiger partial charge in [0.05, 0.1) is 15.6 Å². The third kappa shape index (κ3) is 2.46. The fourth-order valence-corrected chi connectivity index (χ4v) is 2.55.